The summed E-state index contributed by atoms with van der Waals surface area (Å²) in [7, 11) is 0. The second kappa shape index (κ2) is 8.50. The smallest absolute Gasteiger partial charge is 0.230 e. The fourth-order valence-electron chi connectivity index (χ4n) is 4.21. The monoisotopic (exact) mass is 342 g/mol. The quantitative estimate of drug-likeness (QED) is 0.890. The summed E-state index contributed by atoms with van der Waals surface area (Å²) in [5.74, 6) is 0.639. The van der Waals surface area contributed by atoms with E-state index in [9.17, 15) is 9.59 Å². The molecule has 1 aromatic rings. The van der Waals surface area contributed by atoms with Crippen LogP contribution in [0.3, 0.4) is 0 Å². The molecule has 0 spiro atoms. The Balaban J connectivity index is 1.51. The van der Waals surface area contributed by atoms with E-state index in [1.807, 2.05) is 35.2 Å². The summed E-state index contributed by atoms with van der Waals surface area (Å²) in [6.45, 7) is 3.57. The van der Waals surface area contributed by atoms with E-state index in [0.717, 1.165) is 50.8 Å². The maximum absolute atomic E-state index is 12.9. The molecule has 136 valence electrons. The number of nitrogens with one attached hydrogen (secondary N) is 1. The van der Waals surface area contributed by atoms with Gasteiger partial charge >= 0.3 is 0 Å². The predicted octanol–water partition coefficient (Wildman–Crippen LogP) is 3.48. The first kappa shape index (κ1) is 18.0. The topological polar surface area (TPSA) is 49.4 Å². The van der Waals surface area contributed by atoms with Gasteiger partial charge in [0.2, 0.25) is 11.8 Å². The number of benzene rings is 1. The summed E-state index contributed by atoms with van der Waals surface area (Å²) in [6, 6.07) is 10.3. The summed E-state index contributed by atoms with van der Waals surface area (Å²) in [4.78, 5) is 27.2. The molecule has 1 aliphatic heterocycles. The third-order valence-corrected chi connectivity index (χ3v) is 5.79. The first-order valence-electron chi connectivity index (χ1n) is 9.83. The van der Waals surface area contributed by atoms with Gasteiger partial charge in [-0.2, -0.15) is 0 Å². The Labute approximate surface area is 151 Å². The average Bonchev–Trinajstić information content (AvgIpc) is 3.19. The highest BCUT2D eigenvalue weighted by molar-refractivity contribution is 5.84. The first-order chi connectivity index (χ1) is 12.2. The maximum Gasteiger partial charge on any atom is 0.230 e. The molecule has 1 N–H and O–H groups in total. The van der Waals surface area contributed by atoms with E-state index >= 15 is 0 Å². The van der Waals surface area contributed by atoms with E-state index in [4.69, 9.17) is 0 Å². The lowest BCUT2D eigenvalue weighted by molar-refractivity contribution is -0.134. The van der Waals surface area contributed by atoms with Gasteiger partial charge in [-0.3, -0.25) is 9.59 Å². The van der Waals surface area contributed by atoms with Crippen LogP contribution in [0.5, 0.6) is 0 Å². The van der Waals surface area contributed by atoms with Crippen LogP contribution < -0.4 is 5.32 Å². The van der Waals surface area contributed by atoms with Gasteiger partial charge in [-0.15, -0.1) is 0 Å². The first-order valence-corrected chi connectivity index (χ1v) is 9.83. The SMILES string of the molecule is CCC(C(=O)N1CCC(NC(=O)C2CCCC2)CC1)c1ccccc1. The van der Waals surface area contributed by atoms with Crippen molar-refractivity contribution in [3.05, 3.63) is 35.9 Å². The summed E-state index contributed by atoms with van der Waals surface area (Å²) >= 11 is 0. The molecule has 1 heterocycles. The van der Waals surface area contributed by atoms with Crippen molar-refractivity contribution in [2.45, 2.75) is 63.8 Å². The Hall–Kier alpha value is -1.84. The molecule has 0 aromatic heterocycles. The third-order valence-electron chi connectivity index (χ3n) is 5.79. The van der Waals surface area contributed by atoms with Gasteiger partial charge in [0.25, 0.3) is 0 Å². The summed E-state index contributed by atoms with van der Waals surface area (Å²) in [5.41, 5.74) is 1.10. The van der Waals surface area contributed by atoms with Crippen molar-refractivity contribution in [3.8, 4) is 0 Å². The standard InChI is InChI=1S/C21H30N2O2/c1-2-19(16-8-4-3-5-9-16)21(25)23-14-12-18(13-15-23)22-20(24)17-10-6-7-11-17/h3-5,8-9,17-19H,2,6-7,10-15H2,1H3,(H,22,24). The van der Waals surface area contributed by atoms with Crippen LogP contribution in [0.15, 0.2) is 30.3 Å². The van der Waals surface area contributed by atoms with Crippen LogP contribution in [0.1, 0.15) is 63.4 Å². The minimum Gasteiger partial charge on any atom is -0.353 e. The van der Waals surface area contributed by atoms with Gasteiger partial charge < -0.3 is 10.2 Å². The van der Waals surface area contributed by atoms with Crippen LogP contribution in [-0.4, -0.2) is 35.8 Å². The zero-order valence-corrected chi connectivity index (χ0v) is 15.2. The highest BCUT2D eigenvalue weighted by atomic mass is 16.2. The number of hydrogen-bond acceptors (Lipinski definition) is 2. The minimum atomic E-state index is -0.0502. The lowest BCUT2D eigenvalue weighted by Gasteiger charge is -2.35. The Bertz CT molecular complexity index is 573. The molecular weight excluding hydrogens is 312 g/mol. The third kappa shape index (κ3) is 4.42. The van der Waals surface area contributed by atoms with E-state index in [1.54, 1.807) is 0 Å². The van der Waals surface area contributed by atoms with Gasteiger partial charge in [-0.05, 0) is 37.7 Å². The number of carbonyl (C=O) groups excluding carboxylic acids is 2. The fourth-order valence-corrected chi connectivity index (χ4v) is 4.21. The molecule has 1 aliphatic carbocycles. The van der Waals surface area contributed by atoms with Gasteiger partial charge in [-0.1, -0.05) is 50.1 Å². The molecule has 4 heteroatoms. The molecule has 2 aliphatic rings. The number of nitrogens with zero attached hydrogens (tertiary/aromatic N) is 1. The summed E-state index contributed by atoms with van der Waals surface area (Å²) in [5, 5.41) is 3.22. The van der Waals surface area contributed by atoms with E-state index in [1.165, 1.54) is 12.8 Å². The van der Waals surface area contributed by atoms with Crippen molar-refractivity contribution in [2.24, 2.45) is 5.92 Å². The minimum absolute atomic E-state index is 0.0502. The lowest BCUT2D eigenvalue weighted by atomic mass is 9.93. The molecule has 0 bridgehead atoms. The molecule has 1 unspecified atom stereocenters. The number of amides is 2. The van der Waals surface area contributed by atoms with Crippen LogP contribution in [-0.2, 0) is 9.59 Å². The van der Waals surface area contributed by atoms with Gasteiger partial charge in [0.05, 0.1) is 5.92 Å². The molecule has 1 atom stereocenters. The number of piperidine rings is 1. The van der Waals surface area contributed by atoms with Crippen LogP contribution in [0.4, 0.5) is 0 Å². The number of likely N-dealkylation sites (tertiary alicyclic amines) is 1. The highest BCUT2D eigenvalue weighted by Crippen LogP contribution is 2.26. The molecular formula is C21H30N2O2. The Morgan fingerprint density at radius 1 is 1.08 bits per heavy atom. The second-order valence-electron chi connectivity index (χ2n) is 7.46. The van der Waals surface area contributed by atoms with E-state index in [0.29, 0.717) is 0 Å². The van der Waals surface area contributed by atoms with Gasteiger partial charge in [0, 0.05) is 25.0 Å². The van der Waals surface area contributed by atoms with Crippen molar-refractivity contribution in [1.82, 2.24) is 10.2 Å². The zero-order valence-electron chi connectivity index (χ0n) is 15.2. The van der Waals surface area contributed by atoms with Crippen molar-refractivity contribution in [1.29, 1.82) is 0 Å². The highest BCUT2D eigenvalue weighted by Gasteiger charge is 2.30. The van der Waals surface area contributed by atoms with Crippen molar-refractivity contribution >= 4 is 11.8 Å². The maximum atomic E-state index is 12.9. The predicted molar refractivity (Wildman–Crippen MR) is 99.2 cm³/mol. The van der Waals surface area contributed by atoms with Crippen LogP contribution in [0.25, 0.3) is 0 Å². The Morgan fingerprint density at radius 2 is 1.72 bits per heavy atom. The van der Waals surface area contributed by atoms with Gasteiger partial charge in [-0.25, -0.2) is 0 Å². The Morgan fingerprint density at radius 3 is 2.32 bits per heavy atom. The molecule has 0 radical (unpaired) electrons. The van der Waals surface area contributed by atoms with Crippen molar-refractivity contribution in [2.75, 3.05) is 13.1 Å². The van der Waals surface area contributed by atoms with E-state index in [-0.39, 0.29) is 29.7 Å². The van der Waals surface area contributed by atoms with Crippen LogP contribution in [0.2, 0.25) is 0 Å². The summed E-state index contributed by atoms with van der Waals surface area (Å²) in [6.07, 6.45) is 7.01. The Kier molecular flexibility index (Phi) is 6.11. The van der Waals surface area contributed by atoms with Crippen LogP contribution >= 0.6 is 0 Å². The van der Waals surface area contributed by atoms with Crippen molar-refractivity contribution in [3.63, 3.8) is 0 Å². The second-order valence-corrected chi connectivity index (χ2v) is 7.46. The number of hydrogen-bond donors (Lipinski definition) is 1. The van der Waals surface area contributed by atoms with Crippen LogP contribution in [0, 0.1) is 5.92 Å². The number of rotatable bonds is 5. The normalized spacial score (nSPS) is 20.4. The molecule has 3 rings (SSSR count). The molecule has 2 amide bonds. The molecule has 1 aromatic carbocycles. The summed E-state index contributed by atoms with van der Waals surface area (Å²) < 4.78 is 0. The number of carbonyl (C=O) groups is 2. The fraction of sp³-hybridized carbons (Fsp3) is 0.619. The molecule has 4 nitrogen and oxygen atoms in total. The van der Waals surface area contributed by atoms with E-state index < -0.39 is 0 Å². The molecule has 25 heavy (non-hydrogen) atoms. The van der Waals surface area contributed by atoms with Gasteiger partial charge in [0.1, 0.15) is 0 Å². The largest absolute Gasteiger partial charge is 0.353 e. The average molecular weight is 342 g/mol. The van der Waals surface area contributed by atoms with Gasteiger partial charge in [0.15, 0.2) is 0 Å². The zero-order chi connectivity index (χ0) is 17.6. The lowest BCUT2D eigenvalue weighted by Crippen LogP contribution is -2.48. The molecule has 1 saturated carbocycles. The molecule has 2 fully saturated rings. The van der Waals surface area contributed by atoms with Crippen molar-refractivity contribution < 1.29 is 9.59 Å². The molecule has 1 saturated heterocycles. The van der Waals surface area contributed by atoms with E-state index in [2.05, 4.69) is 12.2 Å².